The highest BCUT2D eigenvalue weighted by Gasteiger charge is 2.12. The minimum absolute atomic E-state index is 0.0794. The molecule has 1 aromatic carbocycles. The largest absolute Gasteiger partial charge is 0.395 e. The van der Waals surface area contributed by atoms with Gasteiger partial charge in [-0.2, -0.15) is 0 Å². The van der Waals surface area contributed by atoms with Crippen LogP contribution in [0.4, 0.5) is 11.4 Å². The van der Waals surface area contributed by atoms with Crippen molar-refractivity contribution in [3.05, 3.63) is 33.9 Å². The minimum atomic E-state index is -0.380. The number of rotatable bonds is 6. The molecule has 0 radical (unpaired) electrons. The summed E-state index contributed by atoms with van der Waals surface area (Å²) in [6.45, 7) is 5.24. The van der Waals surface area contributed by atoms with Gasteiger partial charge in [-0.15, -0.1) is 0 Å². The van der Waals surface area contributed by atoms with Gasteiger partial charge in [-0.25, -0.2) is 0 Å². The van der Waals surface area contributed by atoms with Crippen molar-refractivity contribution in [1.29, 1.82) is 0 Å². The minimum Gasteiger partial charge on any atom is -0.395 e. The Morgan fingerprint density at radius 1 is 1.41 bits per heavy atom. The van der Waals surface area contributed by atoms with Crippen LogP contribution in [0.1, 0.15) is 18.9 Å². The van der Waals surface area contributed by atoms with Gasteiger partial charge in [0.05, 0.1) is 11.5 Å². The third-order valence-corrected chi connectivity index (χ3v) is 2.61. The van der Waals surface area contributed by atoms with Gasteiger partial charge >= 0.3 is 0 Å². The fraction of sp³-hybridized carbons (Fsp3) is 0.500. The standard InChI is InChI=1S/C12H18N2O3/c1-3-6-13(7-8-15)11-4-5-12(14(16)17)10(2)9-11/h4-5,9,15H,3,6-8H2,1-2H3. The molecule has 0 unspecified atom stereocenters. The van der Waals surface area contributed by atoms with Gasteiger partial charge in [-0.05, 0) is 25.5 Å². The number of aryl methyl sites for hydroxylation is 1. The fourth-order valence-corrected chi connectivity index (χ4v) is 1.80. The molecular formula is C12H18N2O3. The van der Waals surface area contributed by atoms with Gasteiger partial charge in [0.2, 0.25) is 0 Å². The molecule has 0 atom stereocenters. The maximum atomic E-state index is 10.7. The van der Waals surface area contributed by atoms with Crippen LogP contribution >= 0.6 is 0 Å². The second-order valence-corrected chi connectivity index (χ2v) is 3.94. The van der Waals surface area contributed by atoms with Crippen molar-refractivity contribution in [2.24, 2.45) is 0 Å². The number of hydrogen-bond donors (Lipinski definition) is 1. The second kappa shape index (κ2) is 6.20. The van der Waals surface area contributed by atoms with E-state index in [1.54, 1.807) is 19.1 Å². The lowest BCUT2D eigenvalue weighted by atomic mass is 10.1. The summed E-state index contributed by atoms with van der Waals surface area (Å²) in [6.07, 6.45) is 0.968. The molecular weight excluding hydrogens is 220 g/mol. The normalized spacial score (nSPS) is 10.3. The monoisotopic (exact) mass is 238 g/mol. The molecule has 0 bridgehead atoms. The average molecular weight is 238 g/mol. The Morgan fingerprint density at radius 2 is 2.12 bits per heavy atom. The summed E-state index contributed by atoms with van der Waals surface area (Å²) in [7, 11) is 0. The van der Waals surface area contributed by atoms with Crippen LogP contribution in [0, 0.1) is 17.0 Å². The zero-order valence-corrected chi connectivity index (χ0v) is 10.2. The number of benzene rings is 1. The molecule has 0 saturated heterocycles. The van der Waals surface area contributed by atoms with Gasteiger partial charge < -0.3 is 10.0 Å². The summed E-state index contributed by atoms with van der Waals surface area (Å²) in [5.41, 5.74) is 1.70. The van der Waals surface area contributed by atoms with Crippen molar-refractivity contribution in [3.63, 3.8) is 0 Å². The molecule has 0 aliphatic carbocycles. The summed E-state index contributed by atoms with van der Waals surface area (Å²) < 4.78 is 0. The Labute approximate surface area is 101 Å². The Morgan fingerprint density at radius 3 is 2.59 bits per heavy atom. The Kier molecular flexibility index (Phi) is 4.90. The molecule has 0 heterocycles. The van der Waals surface area contributed by atoms with E-state index in [9.17, 15) is 10.1 Å². The smallest absolute Gasteiger partial charge is 0.272 e. The molecule has 0 amide bonds. The molecule has 0 aromatic heterocycles. The van der Waals surface area contributed by atoms with E-state index in [4.69, 9.17) is 5.11 Å². The molecule has 0 fully saturated rings. The fourth-order valence-electron chi connectivity index (χ4n) is 1.80. The van der Waals surface area contributed by atoms with E-state index in [0.29, 0.717) is 12.1 Å². The van der Waals surface area contributed by atoms with Gasteiger partial charge in [0.15, 0.2) is 0 Å². The molecule has 5 nitrogen and oxygen atoms in total. The van der Waals surface area contributed by atoms with Crippen molar-refractivity contribution >= 4 is 11.4 Å². The number of nitrogens with zero attached hydrogens (tertiary/aromatic N) is 2. The first-order chi connectivity index (χ1) is 8.10. The predicted molar refractivity (Wildman–Crippen MR) is 67.4 cm³/mol. The second-order valence-electron chi connectivity index (χ2n) is 3.94. The quantitative estimate of drug-likeness (QED) is 0.609. The van der Waals surface area contributed by atoms with Crippen LogP contribution in [0.2, 0.25) is 0 Å². The molecule has 0 saturated carbocycles. The van der Waals surface area contributed by atoms with Gasteiger partial charge in [0, 0.05) is 30.4 Å². The first kappa shape index (κ1) is 13.4. The predicted octanol–water partition coefficient (Wildman–Crippen LogP) is 2.11. The molecule has 0 aliphatic heterocycles. The lowest BCUT2D eigenvalue weighted by Crippen LogP contribution is -2.27. The lowest BCUT2D eigenvalue weighted by Gasteiger charge is -2.23. The van der Waals surface area contributed by atoms with E-state index in [1.165, 1.54) is 6.07 Å². The molecule has 0 spiro atoms. The summed E-state index contributed by atoms with van der Waals surface area (Å²) in [6, 6.07) is 5.05. The van der Waals surface area contributed by atoms with Gasteiger partial charge in [0.1, 0.15) is 0 Å². The first-order valence-corrected chi connectivity index (χ1v) is 5.71. The molecule has 17 heavy (non-hydrogen) atoms. The lowest BCUT2D eigenvalue weighted by molar-refractivity contribution is -0.385. The number of aliphatic hydroxyl groups is 1. The summed E-state index contributed by atoms with van der Waals surface area (Å²) in [5, 5.41) is 19.7. The van der Waals surface area contributed by atoms with Gasteiger partial charge in [-0.3, -0.25) is 10.1 Å². The van der Waals surface area contributed by atoms with Crippen molar-refractivity contribution in [3.8, 4) is 0 Å². The highest BCUT2D eigenvalue weighted by Crippen LogP contribution is 2.24. The van der Waals surface area contributed by atoms with E-state index >= 15 is 0 Å². The maximum absolute atomic E-state index is 10.7. The Bertz CT molecular complexity index is 387. The molecule has 5 heteroatoms. The molecule has 94 valence electrons. The van der Waals surface area contributed by atoms with Gasteiger partial charge in [-0.1, -0.05) is 6.92 Å². The van der Waals surface area contributed by atoms with Crippen molar-refractivity contribution in [1.82, 2.24) is 0 Å². The summed E-state index contributed by atoms with van der Waals surface area (Å²) in [5.74, 6) is 0. The van der Waals surface area contributed by atoms with Crippen molar-refractivity contribution in [2.45, 2.75) is 20.3 Å². The topological polar surface area (TPSA) is 66.6 Å². The molecule has 1 N–H and O–H groups in total. The van der Waals surface area contributed by atoms with Crippen molar-refractivity contribution in [2.75, 3.05) is 24.6 Å². The third-order valence-electron chi connectivity index (χ3n) is 2.61. The van der Waals surface area contributed by atoms with Crippen LogP contribution in [0.15, 0.2) is 18.2 Å². The maximum Gasteiger partial charge on any atom is 0.272 e. The molecule has 1 rings (SSSR count). The first-order valence-electron chi connectivity index (χ1n) is 5.71. The van der Waals surface area contributed by atoms with E-state index in [1.807, 2.05) is 4.90 Å². The average Bonchev–Trinajstić information content (AvgIpc) is 2.28. The van der Waals surface area contributed by atoms with Gasteiger partial charge in [0.25, 0.3) is 5.69 Å². The zero-order chi connectivity index (χ0) is 12.8. The number of hydrogen-bond acceptors (Lipinski definition) is 4. The zero-order valence-electron chi connectivity index (χ0n) is 10.2. The van der Waals surface area contributed by atoms with E-state index in [0.717, 1.165) is 18.7 Å². The van der Waals surface area contributed by atoms with Crippen LogP contribution in [-0.2, 0) is 0 Å². The highest BCUT2D eigenvalue weighted by atomic mass is 16.6. The van der Waals surface area contributed by atoms with Crippen LogP contribution in [-0.4, -0.2) is 29.7 Å². The van der Waals surface area contributed by atoms with E-state index in [-0.39, 0.29) is 17.2 Å². The summed E-state index contributed by atoms with van der Waals surface area (Å²) in [4.78, 5) is 12.4. The van der Waals surface area contributed by atoms with Crippen LogP contribution in [0.3, 0.4) is 0 Å². The van der Waals surface area contributed by atoms with Crippen LogP contribution in [0.25, 0.3) is 0 Å². The van der Waals surface area contributed by atoms with E-state index in [2.05, 4.69) is 6.92 Å². The number of anilines is 1. The molecule has 0 aliphatic rings. The number of nitro groups is 1. The van der Waals surface area contributed by atoms with E-state index < -0.39 is 0 Å². The highest BCUT2D eigenvalue weighted by molar-refractivity contribution is 5.55. The molecule has 1 aromatic rings. The Hall–Kier alpha value is -1.62. The number of nitro benzene ring substituents is 1. The third kappa shape index (κ3) is 3.42. The summed E-state index contributed by atoms with van der Waals surface area (Å²) >= 11 is 0. The van der Waals surface area contributed by atoms with Crippen molar-refractivity contribution < 1.29 is 10.0 Å². The van der Waals surface area contributed by atoms with Crippen LogP contribution < -0.4 is 4.90 Å². The number of aliphatic hydroxyl groups excluding tert-OH is 1. The SMILES string of the molecule is CCCN(CCO)c1ccc([N+](=O)[O-])c(C)c1. The Balaban J connectivity index is 2.97. The van der Waals surface area contributed by atoms with Crippen LogP contribution in [0.5, 0.6) is 0 Å².